The molecule has 1 amide bonds. The molecular weight excluding hydrogens is 344 g/mol. The summed E-state index contributed by atoms with van der Waals surface area (Å²) in [4.78, 5) is 17.2. The average molecular weight is 358 g/mol. The first-order valence-electron chi connectivity index (χ1n) is 6.36. The van der Waals surface area contributed by atoms with Crippen molar-refractivity contribution in [2.45, 2.75) is 13.0 Å². The molecule has 2 heterocycles. The maximum absolute atomic E-state index is 11.9. The monoisotopic (exact) mass is 356 g/mol. The third-order valence-electron chi connectivity index (χ3n) is 3.66. The first-order valence-corrected chi connectivity index (χ1v) is 7.53. The van der Waals surface area contributed by atoms with Gasteiger partial charge in [0.15, 0.2) is 0 Å². The number of aromatic nitrogens is 1. The molecule has 1 aromatic heterocycles. The molecule has 0 saturated heterocycles. The van der Waals surface area contributed by atoms with E-state index in [0.29, 0.717) is 18.1 Å². The van der Waals surface area contributed by atoms with E-state index in [1.807, 2.05) is 17.0 Å². The fraction of sp³-hybridized carbons (Fsp3) is 0.357. The lowest BCUT2D eigenvalue weighted by molar-refractivity contribution is -0.136. The first-order chi connectivity index (χ1) is 9.61. The Bertz CT molecular complexity index is 683. The summed E-state index contributed by atoms with van der Waals surface area (Å²) in [5, 5.41) is 1.80. The molecule has 0 saturated carbocycles. The van der Waals surface area contributed by atoms with Crippen molar-refractivity contribution in [1.29, 1.82) is 0 Å². The Hall–Kier alpha value is -1.04. The number of nitrogens with one attached hydrogen (secondary N) is 1. The summed E-state index contributed by atoms with van der Waals surface area (Å²) < 4.78 is 5.80. The van der Waals surface area contributed by atoms with Gasteiger partial charge in [-0.25, -0.2) is 0 Å². The molecule has 0 fully saturated rings. The summed E-state index contributed by atoms with van der Waals surface area (Å²) in [6.45, 7) is 1.46. The lowest BCUT2D eigenvalue weighted by Crippen LogP contribution is -2.37. The number of halogens is 2. The molecule has 0 radical (unpaired) electrons. The molecule has 0 bridgehead atoms. The highest BCUT2D eigenvalue weighted by atomic mass is 79.9. The van der Waals surface area contributed by atoms with Gasteiger partial charge in [-0.15, -0.1) is 0 Å². The van der Waals surface area contributed by atoms with Crippen LogP contribution < -0.4 is 0 Å². The van der Waals surface area contributed by atoms with Gasteiger partial charge in [-0.3, -0.25) is 4.79 Å². The molecule has 0 atom stereocenters. The number of hydrogen-bond acceptors (Lipinski definition) is 2. The largest absolute Gasteiger partial charge is 0.375 e. The third-order valence-corrected chi connectivity index (χ3v) is 5.03. The average Bonchev–Trinajstić information content (AvgIpc) is 2.81. The smallest absolute Gasteiger partial charge is 0.248 e. The van der Waals surface area contributed by atoms with Crippen LogP contribution in [-0.4, -0.2) is 36.1 Å². The molecular formula is C14H14BrClN2O2. The van der Waals surface area contributed by atoms with Gasteiger partial charge in [0, 0.05) is 43.3 Å². The lowest BCUT2D eigenvalue weighted by Gasteiger charge is -2.27. The van der Waals surface area contributed by atoms with E-state index in [-0.39, 0.29) is 12.5 Å². The van der Waals surface area contributed by atoms with Crippen LogP contribution in [0.4, 0.5) is 0 Å². The molecule has 1 aromatic carbocycles. The highest BCUT2D eigenvalue weighted by molar-refractivity contribution is 9.10. The second-order valence-electron chi connectivity index (χ2n) is 4.86. The molecule has 3 rings (SSSR count). The summed E-state index contributed by atoms with van der Waals surface area (Å²) in [6.07, 6.45) is 0.823. The van der Waals surface area contributed by atoms with Gasteiger partial charge in [0.25, 0.3) is 0 Å². The van der Waals surface area contributed by atoms with Gasteiger partial charge >= 0.3 is 0 Å². The molecule has 0 aliphatic carbocycles. The zero-order valence-electron chi connectivity index (χ0n) is 11.0. The van der Waals surface area contributed by atoms with Crippen molar-refractivity contribution in [1.82, 2.24) is 9.88 Å². The van der Waals surface area contributed by atoms with Crippen molar-refractivity contribution >= 4 is 44.3 Å². The summed E-state index contributed by atoms with van der Waals surface area (Å²) in [7, 11) is 1.54. The number of amides is 1. The molecule has 1 N–H and O–H groups in total. The van der Waals surface area contributed by atoms with Crippen molar-refractivity contribution in [3.05, 3.63) is 32.9 Å². The Labute approximate surface area is 130 Å². The highest BCUT2D eigenvalue weighted by Gasteiger charge is 2.24. The van der Waals surface area contributed by atoms with Crippen LogP contribution in [0.1, 0.15) is 11.3 Å². The van der Waals surface area contributed by atoms with E-state index in [2.05, 4.69) is 20.9 Å². The maximum Gasteiger partial charge on any atom is 0.248 e. The number of ether oxygens (including phenoxy) is 1. The minimum atomic E-state index is 0.0283. The lowest BCUT2D eigenvalue weighted by atomic mass is 10.0. The number of carbonyl (C=O) groups excluding carboxylic acids is 1. The molecule has 1 aliphatic heterocycles. The van der Waals surface area contributed by atoms with Gasteiger partial charge in [0.1, 0.15) is 6.61 Å². The van der Waals surface area contributed by atoms with Gasteiger partial charge in [-0.1, -0.05) is 17.7 Å². The number of nitrogens with zero attached hydrogens (tertiary/aromatic N) is 1. The Morgan fingerprint density at radius 2 is 2.35 bits per heavy atom. The molecule has 0 unspecified atom stereocenters. The van der Waals surface area contributed by atoms with Crippen molar-refractivity contribution in [2.75, 3.05) is 20.3 Å². The Morgan fingerprint density at radius 3 is 3.10 bits per heavy atom. The minimum absolute atomic E-state index is 0.0283. The highest BCUT2D eigenvalue weighted by Crippen LogP contribution is 2.35. The zero-order valence-corrected chi connectivity index (χ0v) is 13.3. The van der Waals surface area contributed by atoms with Crippen molar-refractivity contribution < 1.29 is 9.53 Å². The second-order valence-corrected chi connectivity index (χ2v) is 6.06. The maximum atomic E-state index is 11.9. The molecule has 0 spiro atoms. The van der Waals surface area contributed by atoms with Crippen LogP contribution in [-0.2, 0) is 22.5 Å². The number of hydrogen-bond donors (Lipinski definition) is 1. The number of methoxy groups -OCH3 is 1. The molecule has 1 aliphatic rings. The van der Waals surface area contributed by atoms with Gasteiger partial charge in [-0.05, 0) is 22.0 Å². The van der Waals surface area contributed by atoms with E-state index >= 15 is 0 Å². The third kappa shape index (κ3) is 2.24. The van der Waals surface area contributed by atoms with E-state index < -0.39 is 0 Å². The van der Waals surface area contributed by atoms with E-state index in [1.165, 1.54) is 18.4 Å². The summed E-state index contributed by atoms with van der Waals surface area (Å²) >= 11 is 9.64. The summed E-state index contributed by atoms with van der Waals surface area (Å²) in [5.74, 6) is 0.0283. The van der Waals surface area contributed by atoms with Gasteiger partial charge in [0.2, 0.25) is 5.91 Å². The SMILES string of the molecule is COCC(=O)N1CCc2[nH]c3c(Br)c(Cl)ccc3c2C1. The number of aromatic amines is 1. The van der Waals surface area contributed by atoms with Crippen LogP contribution in [0.3, 0.4) is 0 Å². The van der Waals surface area contributed by atoms with Crippen LogP contribution >= 0.6 is 27.5 Å². The topological polar surface area (TPSA) is 45.3 Å². The Balaban J connectivity index is 2.01. The normalized spacial score (nSPS) is 14.7. The fourth-order valence-corrected chi connectivity index (χ4v) is 3.25. The summed E-state index contributed by atoms with van der Waals surface area (Å²) in [5.41, 5.74) is 3.36. The molecule has 6 heteroatoms. The number of H-pyrrole nitrogens is 1. The van der Waals surface area contributed by atoms with Crippen molar-refractivity contribution in [3.8, 4) is 0 Å². The minimum Gasteiger partial charge on any atom is -0.375 e. The summed E-state index contributed by atoms with van der Waals surface area (Å²) in [6, 6.07) is 3.88. The molecule has 4 nitrogen and oxygen atoms in total. The molecule has 2 aromatic rings. The molecule has 106 valence electrons. The van der Waals surface area contributed by atoms with Crippen LogP contribution in [0.5, 0.6) is 0 Å². The van der Waals surface area contributed by atoms with Gasteiger partial charge < -0.3 is 14.6 Å². The Morgan fingerprint density at radius 1 is 1.55 bits per heavy atom. The fourth-order valence-electron chi connectivity index (χ4n) is 2.65. The standard InChI is InChI=1S/C14H14BrClN2O2/c1-20-7-12(19)18-5-4-11-9(6-18)8-2-3-10(16)13(15)14(8)17-11/h2-3,17H,4-7H2,1H3. The first kappa shape index (κ1) is 13.9. The Kier molecular flexibility index (Phi) is 3.75. The van der Waals surface area contributed by atoms with E-state index in [4.69, 9.17) is 16.3 Å². The number of carbonyl (C=O) groups is 1. The quantitative estimate of drug-likeness (QED) is 0.897. The van der Waals surface area contributed by atoms with Crippen LogP contribution in [0.15, 0.2) is 16.6 Å². The number of benzene rings is 1. The van der Waals surface area contributed by atoms with Crippen molar-refractivity contribution in [2.24, 2.45) is 0 Å². The van der Waals surface area contributed by atoms with E-state index in [1.54, 1.807) is 0 Å². The van der Waals surface area contributed by atoms with E-state index in [9.17, 15) is 4.79 Å². The van der Waals surface area contributed by atoms with Crippen molar-refractivity contribution in [3.63, 3.8) is 0 Å². The van der Waals surface area contributed by atoms with Gasteiger partial charge in [0.05, 0.1) is 15.0 Å². The van der Waals surface area contributed by atoms with Crippen LogP contribution in [0, 0.1) is 0 Å². The number of rotatable bonds is 2. The predicted molar refractivity (Wildman–Crippen MR) is 82.0 cm³/mol. The van der Waals surface area contributed by atoms with Crippen LogP contribution in [0.2, 0.25) is 5.02 Å². The number of fused-ring (bicyclic) bond motifs is 3. The second kappa shape index (κ2) is 5.39. The molecule has 20 heavy (non-hydrogen) atoms. The van der Waals surface area contributed by atoms with Crippen LogP contribution in [0.25, 0.3) is 10.9 Å². The predicted octanol–water partition coefficient (Wildman–Crippen LogP) is 3.11. The zero-order chi connectivity index (χ0) is 14.3. The van der Waals surface area contributed by atoms with Gasteiger partial charge in [-0.2, -0.15) is 0 Å². The van der Waals surface area contributed by atoms with E-state index in [0.717, 1.165) is 21.8 Å².